The van der Waals surface area contributed by atoms with Gasteiger partial charge in [-0.1, -0.05) is 17.3 Å². The van der Waals surface area contributed by atoms with Gasteiger partial charge in [-0.05, 0) is 35.2 Å². The van der Waals surface area contributed by atoms with Crippen molar-refractivity contribution in [2.75, 3.05) is 25.6 Å². The van der Waals surface area contributed by atoms with E-state index >= 15 is 0 Å². The molecule has 37 heavy (non-hydrogen) atoms. The number of ether oxygens (including phenoxy) is 2. The molecule has 1 fully saturated rings. The molecule has 2 amide bonds. The molecular weight excluding hydrogens is 551 g/mol. The maximum absolute atomic E-state index is 13.1. The lowest BCUT2D eigenvalue weighted by Crippen LogP contribution is -2.71. The van der Waals surface area contributed by atoms with E-state index in [1.807, 2.05) is 0 Å². The average Bonchev–Trinajstić information content (AvgIpc) is 3.35. The number of hydrogen-bond donors (Lipinski definition) is 3. The predicted octanol–water partition coefficient (Wildman–Crippen LogP) is 1.11. The number of alkyl halides is 2. The lowest BCUT2D eigenvalue weighted by Gasteiger charge is -2.49. The molecule has 0 saturated carbocycles. The van der Waals surface area contributed by atoms with Gasteiger partial charge >= 0.3 is 5.97 Å². The monoisotopic (exact) mass is 572 g/mol. The number of thioether (sulfide) groups is 1. The molecular formula is C21H22ClFN6O6S2. The summed E-state index contributed by atoms with van der Waals surface area (Å²) in [6.07, 6.45) is 1.35. The van der Waals surface area contributed by atoms with Gasteiger partial charge in [0.15, 0.2) is 0 Å². The third-order valence-electron chi connectivity index (χ3n) is 5.37. The molecule has 0 aromatic heterocycles. The zero-order chi connectivity index (χ0) is 26.5. The molecule has 16 heteroatoms. The van der Waals surface area contributed by atoms with E-state index < -0.39 is 36.1 Å². The van der Waals surface area contributed by atoms with E-state index in [0.29, 0.717) is 22.1 Å². The topological polar surface area (TPSA) is 148 Å². The molecule has 3 aliphatic heterocycles. The number of nitrogens with two attached hydrogens (primary N) is 1. The lowest BCUT2D eigenvalue weighted by molar-refractivity contribution is -0.153. The van der Waals surface area contributed by atoms with Crippen molar-refractivity contribution in [3.05, 3.63) is 52.3 Å². The third kappa shape index (κ3) is 5.74. The van der Waals surface area contributed by atoms with Crippen LogP contribution < -0.4 is 20.6 Å². The number of esters is 1. The predicted molar refractivity (Wildman–Crippen MR) is 135 cm³/mol. The van der Waals surface area contributed by atoms with Crippen LogP contribution in [0.3, 0.4) is 0 Å². The number of carbonyl (C=O) groups excluding carboxylic acids is 3. The van der Waals surface area contributed by atoms with E-state index in [-0.39, 0.29) is 24.0 Å². The van der Waals surface area contributed by atoms with Gasteiger partial charge in [0.05, 0.1) is 13.3 Å². The Morgan fingerprint density at radius 1 is 1.35 bits per heavy atom. The quantitative estimate of drug-likeness (QED) is 0.0782. The second-order valence-corrected chi connectivity index (χ2v) is 9.85. The molecule has 0 aliphatic carbocycles. The van der Waals surface area contributed by atoms with E-state index in [0.717, 1.165) is 22.5 Å². The summed E-state index contributed by atoms with van der Waals surface area (Å²) in [5.74, 6) is -1.38. The Labute approximate surface area is 224 Å². The number of nitrogens with one attached hydrogen (secondary N) is 2. The van der Waals surface area contributed by atoms with Crippen molar-refractivity contribution < 1.29 is 33.1 Å². The molecule has 198 valence electrons. The zero-order valence-electron chi connectivity index (χ0n) is 19.3. The number of hydrazine groups is 1. The van der Waals surface area contributed by atoms with Crippen LogP contribution in [-0.4, -0.2) is 70.5 Å². The summed E-state index contributed by atoms with van der Waals surface area (Å²) in [6, 6.07) is 6.01. The Bertz CT molecular complexity index is 1170. The van der Waals surface area contributed by atoms with Gasteiger partial charge in [0, 0.05) is 11.6 Å². The van der Waals surface area contributed by atoms with E-state index in [4.69, 9.17) is 26.8 Å². The zero-order valence-corrected chi connectivity index (χ0v) is 21.7. The maximum atomic E-state index is 13.1. The fraction of sp³-hybridized carbons (Fsp3) is 0.333. The van der Waals surface area contributed by atoms with Gasteiger partial charge in [-0.15, -0.1) is 23.4 Å². The molecule has 3 aliphatic rings. The third-order valence-corrected chi connectivity index (χ3v) is 7.66. The Hall–Kier alpha value is -3.14. The second kappa shape index (κ2) is 11.9. The van der Waals surface area contributed by atoms with Gasteiger partial charge in [0.25, 0.3) is 24.5 Å². The SMILES string of the molecule is COc1ccc(COC(=O)C2=C(CCl)CS[C@@H]3[C@H](NC(=O)/C(=N/OCF)N4C=C(N)SN4)C(=O)N23)cc1. The first kappa shape index (κ1) is 26.9. The molecule has 0 bridgehead atoms. The molecule has 0 radical (unpaired) electrons. The highest BCUT2D eigenvalue weighted by molar-refractivity contribution is 8.01. The van der Waals surface area contributed by atoms with E-state index in [1.165, 1.54) is 22.9 Å². The van der Waals surface area contributed by atoms with Crippen LogP contribution in [0.1, 0.15) is 5.56 Å². The van der Waals surface area contributed by atoms with Crippen molar-refractivity contribution in [2.24, 2.45) is 10.9 Å². The number of benzene rings is 1. The van der Waals surface area contributed by atoms with Crippen molar-refractivity contribution in [1.82, 2.24) is 20.1 Å². The fourth-order valence-electron chi connectivity index (χ4n) is 3.59. The Morgan fingerprint density at radius 2 is 2.11 bits per heavy atom. The Balaban J connectivity index is 1.44. The van der Waals surface area contributed by atoms with Crippen molar-refractivity contribution in [3.8, 4) is 5.75 Å². The smallest absolute Gasteiger partial charge is 0.355 e. The van der Waals surface area contributed by atoms with Crippen molar-refractivity contribution in [1.29, 1.82) is 0 Å². The number of methoxy groups -OCH3 is 1. The van der Waals surface area contributed by atoms with Gasteiger partial charge in [-0.2, -0.15) is 4.83 Å². The van der Waals surface area contributed by atoms with Crippen LogP contribution in [0, 0.1) is 0 Å². The number of nitrogens with zero attached hydrogens (tertiary/aromatic N) is 3. The van der Waals surface area contributed by atoms with E-state index in [2.05, 4.69) is 20.1 Å². The number of hydrogen-bond acceptors (Lipinski definition) is 11. The van der Waals surface area contributed by atoms with Crippen molar-refractivity contribution in [3.63, 3.8) is 0 Å². The number of amidine groups is 1. The van der Waals surface area contributed by atoms with Crippen LogP contribution in [0.2, 0.25) is 0 Å². The molecule has 1 saturated heterocycles. The van der Waals surface area contributed by atoms with Gasteiger partial charge in [0.1, 0.15) is 34.5 Å². The minimum Gasteiger partial charge on any atom is -0.497 e. The standard InChI is InChI=1S/C21H22ClFN6O6S2/c1-33-13-4-2-11(3-5-13)8-34-21(32)16-12(6-22)9-36-20-15(19(31)29(16)20)25-18(30)17(26-35-10-23)28-7-14(24)37-27-28/h2-5,7,15,20,27H,6,8-10,24H2,1H3,(H,25,30)/b26-17-/t15-,20-/m1/s1. The first-order chi connectivity index (χ1) is 17.9. The summed E-state index contributed by atoms with van der Waals surface area (Å²) in [7, 11) is 1.55. The molecule has 0 spiro atoms. The van der Waals surface area contributed by atoms with Crippen LogP contribution >= 0.6 is 35.3 Å². The van der Waals surface area contributed by atoms with Crippen LogP contribution in [0.15, 0.2) is 51.9 Å². The van der Waals surface area contributed by atoms with Crippen LogP contribution in [0.25, 0.3) is 0 Å². The van der Waals surface area contributed by atoms with Gasteiger partial charge in [-0.25, -0.2) is 14.2 Å². The second-order valence-electron chi connectivity index (χ2n) is 7.62. The molecule has 1 aromatic rings. The highest BCUT2D eigenvalue weighted by atomic mass is 35.5. The number of carbonyl (C=O) groups is 3. The Morgan fingerprint density at radius 3 is 2.73 bits per heavy atom. The van der Waals surface area contributed by atoms with Gasteiger partial charge in [-0.3, -0.25) is 14.5 Å². The molecule has 2 atom stereocenters. The molecule has 4 rings (SSSR count). The summed E-state index contributed by atoms with van der Waals surface area (Å²) in [6.45, 7) is -1.28. The summed E-state index contributed by atoms with van der Waals surface area (Å²) < 4.78 is 23.1. The first-order valence-electron chi connectivity index (χ1n) is 10.7. The highest BCUT2D eigenvalue weighted by Gasteiger charge is 2.54. The number of amides is 2. The highest BCUT2D eigenvalue weighted by Crippen LogP contribution is 2.41. The summed E-state index contributed by atoms with van der Waals surface area (Å²) >= 11 is 8.39. The maximum Gasteiger partial charge on any atom is 0.355 e. The van der Waals surface area contributed by atoms with Crippen molar-refractivity contribution in [2.45, 2.75) is 18.0 Å². The number of fused-ring (bicyclic) bond motifs is 1. The summed E-state index contributed by atoms with van der Waals surface area (Å²) in [5.41, 5.74) is 7.01. The largest absolute Gasteiger partial charge is 0.497 e. The molecule has 3 heterocycles. The minimum atomic E-state index is -1.26. The molecule has 12 nitrogen and oxygen atoms in total. The normalized spacial score (nSPS) is 21.2. The van der Waals surface area contributed by atoms with Gasteiger partial charge < -0.3 is 25.4 Å². The van der Waals surface area contributed by atoms with Crippen LogP contribution in [0.4, 0.5) is 4.39 Å². The van der Waals surface area contributed by atoms with E-state index in [1.54, 1.807) is 31.4 Å². The number of oxime groups is 1. The fourth-order valence-corrected chi connectivity index (χ4v) is 5.77. The minimum absolute atomic E-state index is 0.0201. The van der Waals surface area contributed by atoms with Crippen LogP contribution in [-0.2, 0) is 30.6 Å². The summed E-state index contributed by atoms with van der Waals surface area (Å²) in [4.78, 5) is 47.3. The van der Waals surface area contributed by atoms with Crippen molar-refractivity contribution >= 4 is 58.9 Å². The van der Waals surface area contributed by atoms with E-state index in [9.17, 15) is 18.8 Å². The van der Waals surface area contributed by atoms with Gasteiger partial charge in [0.2, 0.25) is 0 Å². The van der Waals surface area contributed by atoms with Crippen LogP contribution in [0.5, 0.6) is 5.75 Å². The number of rotatable bonds is 8. The number of β-lactam (4-membered cyclic amide) rings is 1. The summed E-state index contributed by atoms with van der Waals surface area (Å²) in [5, 5.41) is 6.90. The lowest BCUT2D eigenvalue weighted by atomic mass is 10.0. The molecule has 1 aromatic carbocycles. The molecule has 0 unspecified atom stereocenters. The Kier molecular flexibility index (Phi) is 8.68. The number of halogens is 2. The average molecular weight is 573 g/mol. The molecule has 4 N–H and O–H groups in total. The first-order valence-corrected chi connectivity index (χ1v) is 13.1.